The van der Waals surface area contributed by atoms with Crippen LogP contribution in [0.4, 0.5) is 22.7 Å². The summed E-state index contributed by atoms with van der Waals surface area (Å²) in [5.41, 5.74) is 6.25. The largest absolute Gasteiger partial charge is 0.481 e. The number of amides is 12. The van der Waals surface area contributed by atoms with Gasteiger partial charge in [-0.05, 0) is 100 Å². The van der Waals surface area contributed by atoms with Crippen LogP contribution in [-0.4, -0.2) is 314 Å². The summed E-state index contributed by atoms with van der Waals surface area (Å²) in [5, 5.41) is 38.7. The molecule has 5 saturated heterocycles. The average molecular weight is 1990 g/mol. The molecule has 2 unspecified atom stereocenters. The van der Waals surface area contributed by atoms with Crippen LogP contribution in [0.2, 0.25) is 0 Å². The van der Waals surface area contributed by atoms with Gasteiger partial charge in [0.1, 0.15) is 0 Å². The Kier molecular flexibility index (Phi) is 33.0. The summed E-state index contributed by atoms with van der Waals surface area (Å²) in [4.78, 5) is 273. The van der Waals surface area contributed by atoms with Crippen molar-refractivity contribution < 1.29 is 121 Å². The molecule has 0 bridgehead atoms. The molecule has 5 fully saturated rings. The Morgan fingerprint density at radius 2 is 0.616 bits per heavy atom. The second-order valence-electron chi connectivity index (χ2n) is 34.9. The number of hydrogen-bond donors (Lipinski definition) is 11. The highest BCUT2D eigenvalue weighted by Gasteiger charge is 2.51. The number of H-pyrrole nitrogens is 4. The van der Waals surface area contributed by atoms with E-state index in [9.17, 15) is 95.9 Å². The van der Waals surface area contributed by atoms with Gasteiger partial charge in [0.2, 0.25) is 17.7 Å². The standard InChI is InChI=1S/C27H28N4O6.C26H24N4O7.C26H26N4O6.C26H24N4O6/c1-17-16-30(26(35)18-7-4-3-5-8-18)13-14-31(17)27(36)25(34)20-15-28-24-19(20)9-6-10-21(24)29-22(32)11-12-23(33)37-2;1-14-13-29(24(33)15-6-3-2-4-7-15)10-11-30(14)25(34)20(31)17-12-27-19-16(17)8-5-9-18(19)28-23(32)21-22(37-21)26(35)36;2*1-16-15-29(25(35)17-6-3-2-4-7-17)12-13-30(16)26(36)24(34)19-14-27-23-18(19)8-5-9-20(23)28-21(31)10-11-22(32)33/h3-10,15,17,28H,11-14,16H2,1-2H3,(H,29,32);2-9,12,14,21-22,27H,10-11,13H2,1H3,(H,28,32)(H,35,36);2-9,14,16,27H,10-13,15H2,1H3,(H,28,31)(H,32,33);2-11,14,16,27H,12-13,15H2,1H3,(H,28,31)(H,32,33)/b;;;11-10+/t17-;14-,21?,22?;2*16-/m1111/s1. The van der Waals surface area contributed by atoms with Gasteiger partial charge in [-0.15, -0.1) is 0 Å². The molecule has 12 amide bonds. The number of carboxylic acids is 3. The predicted octanol–water partition coefficient (Wildman–Crippen LogP) is 8.96. The number of carbonyl (C=O) groups is 20. The van der Waals surface area contributed by atoms with E-state index in [0.717, 1.165) is 6.08 Å². The van der Waals surface area contributed by atoms with E-state index in [1.807, 2.05) is 31.2 Å². The lowest BCUT2D eigenvalue weighted by molar-refractivity contribution is -0.142. The van der Waals surface area contributed by atoms with E-state index in [1.165, 1.54) is 51.5 Å². The van der Waals surface area contributed by atoms with E-state index in [0.29, 0.717) is 147 Å². The third-order valence-electron chi connectivity index (χ3n) is 25.2. The van der Waals surface area contributed by atoms with Crippen molar-refractivity contribution in [1.29, 1.82) is 0 Å². The fourth-order valence-corrected chi connectivity index (χ4v) is 17.6. The zero-order valence-electron chi connectivity index (χ0n) is 79.6. The molecule has 146 heavy (non-hydrogen) atoms. The second-order valence-corrected chi connectivity index (χ2v) is 34.9. The number of fused-ring (bicyclic) bond motifs is 4. The number of epoxide rings is 1. The van der Waals surface area contributed by atoms with Crippen LogP contribution in [0.1, 0.15) is 136 Å². The Bertz CT molecular complexity index is 7150. The van der Waals surface area contributed by atoms with Gasteiger partial charge in [-0.2, -0.15) is 0 Å². The first-order valence-electron chi connectivity index (χ1n) is 46.6. The van der Waals surface area contributed by atoms with Crippen molar-refractivity contribution in [3.63, 3.8) is 0 Å². The van der Waals surface area contributed by atoms with Crippen molar-refractivity contribution >= 4 is 184 Å². The van der Waals surface area contributed by atoms with Crippen molar-refractivity contribution in [2.24, 2.45) is 0 Å². The van der Waals surface area contributed by atoms with Crippen LogP contribution >= 0.6 is 0 Å². The van der Waals surface area contributed by atoms with Crippen molar-refractivity contribution in [2.45, 2.75) is 89.8 Å². The number of anilines is 4. The number of nitrogens with zero attached hydrogens (tertiary/aromatic N) is 8. The van der Waals surface area contributed by atoms with Crippen LogP contribution in [0.5, 0.6) is 0 Å². The number of aromatic amines is 4. The number of nitrogens with one attached hydrogen (secondary N) is 8. The smallest absolute Gasteiger partial charge is 0.336 e. The van der Waals surface area contributed by atoms with E-state index in [4.69, 9.17) is 20.1 Å². The zero-order chi connectivity index (χ0) is 104. The molecule has 11 N–H and O–H groups in total. The van der Waals surface area contributed by atoms with Gasteiger partial charge >= 0.3 is 23.9 Å². The highest BCUT2D eigenvalue weighted by atomic mass is 16.6. The lowest BCUT2D eigenvalue weighted by Gasteiger charge is -2.39. The van der Waals surface area contributed by atoms with E-state index in [2.05, 4.69) is 45.9 Å². The summed E-state index contributed by atoms with van der Waals surface area (Å²) in [7, 11) is 1.25. The van der Waals surface area contributed by atoms with Crippen LogP contribution in [0, 0.1) is 0 Å². The third kappa shape index (κ3) is 24.2. The number of benzene rings is 8. The summed E-state index contributed by atoms with van der Waals surface area (Å²) in [6, 6.07) is 53.9. The van der Waals surface area contributed by atoms with Gasteiger partial charge in [-0.25, -0.2) is 9.59 Å². The number of Topliss-reactive ketones (excluding diaryl/α,β-unsaturated/α-hetero) is 4. The molecule has 8 aromatic carbocycles. The molecular weight excluding hydrogens is 1890 g/mol. The van der Waals surface area contributed by atoms with Crippen LogP contribution < -0.4 is 21.3 Å². The quantitative estimate of drug-likeness (QED) is 0.00791. The average Bonchev–Trinajstić information content (AvgIpc) is 1.63. The summed E-state index contributed by atoms with van der Waals surface area (Å²) in [6.07, 6.45) is 4.44. The highest BCUT2D eigenvalue weighted by molar-refractivity contribution is 6.47. The molecular formula is C105H102N16O25. The van der Waals surface area contributed by atoms with E-state index >= 15 is 0 Å². The van der Waals surface area contributed by atoms with E-state index in [1.54, 1.807) is 210 Å². The number of carboxylic acid groups (broad SMARTS) is 3. The summed E-state index contributed by atoms with van der Waals surface area (Å²) < 4.78 is 9.42. The maximum absolute atomic E-state index is 13.2. The number of rotatable bonds is 26. The minimum absolute atomic E-state index is 0.0509. The van der Waals surface area contributed by atoms with Gasteiger partial charge in [0.05, 0.1) is 87.0 Å². The predicted molar refractivity (Wildman–Crippen MR) is 530 cm³/mol. The number of methoxy groups -OCH3 is 1. The first-order chi connectivity index (χ1) is 70.1. The number of piperazine rings is 4. The molecule has 12 aromatic rings. The van der Waals surface area contributed by atoms with Crippen LogP contribution in [-0.2, 0) is 67.0 Å². The minimum Gasteiger partial charge on any atom is -0.481 e. The third-order valence-corrected chi connectivity index (χ3v) is 25.2. The summed E-state index contributed by atoms with van der Waals surface area (Å²) in [5.74, 6) is -12.0. The zero-order valence-corrected chi connectivity index (χ0v) is 79.6. The molecule has 5 aliphatic heterocycles. The number of esters is 1. The number of ether oxygens (including phenoxy) is 2. The molecule has 17 rings (SSSR count). The Morgan fingerprint density at radius 3 is 0.877 bits per heavy atom. The number of aromatic nitrogens is 4. The number of ketones is 4. The van der Waals surface area contributed by atoms with Crippen molar-refractivity contribution in [3.8, 4) is 0 Å². The molecule has 41 heteroatoms. The number of aliphatic carboxylic acids is 3. The Labute approximate surface area is 832 Å². The molecule has 0 saturated carbocycles. The molecule has 9 heterocycles. The Morgan fingerprint density at radius 1 is 0.336 bits per heavy atom. The second kappa shape index (κ2) is 46.5. The van der Waals surface area contributed by atoms with Crippen LogP contribution in [0.3, 0.4) is 0 Å². The monoisotopic (exact) mass is 1990 g/mol. The van der Waals surface area contributed by atoms with Crippen LogP contribution in [0.25, 0.3) is 43.6 Å². The van der Waals surface area contributed by atoms with E-state index in [-0.39, 0.29) is 128 Å². The molecule has 41 nitrogen and oxygen atoms in total. The topological polar surface area (TPSA) is 561 Å². The van der Waals surface area contributed by atoms with Gasteiger partial charge in [0, 0.05) is 196 Å². The fourth-order valence-electron chi connectivity index (χ4n) is 17.6. The Balaban J connectivity index is 0.000000154. The fraction of sp³-hybridized carbons (Fsp3) is 0.257. The molecule has 0 spiro atoms. The van der Waals surface area contributed by atoms with Gasteiger partial charge in [0.15, 0.2) is 12.2 Å². The first-order valence-corrected chi connectivity index (χ1v) is 46.6. The molecule has 0 radical (unpaired) electrons. The molecule has 4 aromatic heterocycles. The number of carbonyl (C=O) groups excluding carboxylic acids is 17. The van der Waals surface area contributed by atoms with Crippen molar-refractivity contribution in [3.05, 3.63) is 276 Å². The summed E-state index contributed by atoms with van der Waals surface area (Å²) >= 11 is 0. The Hall–Kier alpha value is -18.2. The van der Waals surface area contributed by atoms with Crippen molar-refractivity contribution in [2.75, 3.05) is 107 Å². The lowest BCUT2D eigenvalue weighted by atomic mass is 10.1. The summed E-state index contributed by atoms with van der Waals surface area (Å²) in [6.45, 7) is 10.6. The number of hydrogen-bond acceptors (Lipinski definition) is 22. The SMILES string of the molecule is COC(=O)CCC(=O)Nc1cccc2c(C(=O)C(=O)N3CCN(C(=O)c4ccccc4)C[C@H]3C)c[nH]c12.C[C@@H]1CN(C(=O)c2ccccc2)CCN1C(=O)C(=O)c1c[nH]c2c(NC(=O)/C=C/C(=O)O)cccc12.C[C@@H]1CN(C(=O)c2ccccc2)CCN1C(=O)C(=O)c1c[nH]c2c(NC(=O)C3OC3C(=O)O)cccc12.C[C@@H]1CN(C(=O)c2ccccc2)CCN1C(=O)C(=O)c1c[nH]c2c(NC(=O)CCC(=O)O)cccc12. The van der Waals surface area contributed by atoms with Gasteiger partial charge in [-0.3, -0.25) is 86.3 Å². The number of para-hydroxylation sites is 4. The maximum Gasteiger partial charge on any atom is 0.336 e. The molecule has 0 aliphatic carbocycles. The van der Waals surface area contributed by atoms with Gasteiger partial charge in [-0.1, -0.05) is 121 Å². The lowest BCUT2D eigenvalue weighted by Crippen LogP contribution is -2.56. The molecule has 752 valence electrons. The first kappa shape index (κ1) is 104. The van der Waals surface area contributed by atoms with Gasteiger partial charge < -0.3 is 105 Å². The van der Waals surface area contributed by atoms with Gasteiger partial charge in [0.25, 0.3) is 76.3 Å². The molecule has 5 aliphatic rings. The van der Waals surface area contributed by atoms with Crippen molar-refractivity contribution in [1.82, 2.24) is 59.1 Å². The van der Waals surface area contributed by atoms with E-state index < -0.39 is 101 Å². The highest BCUT2D eigenvalue weighted by Crippen LogP contribution is 2.34. The minimum atomic E-state index is -1.26. The molecule has 6 atom stereocenters. The maximum atomic E-state index is 13.2. The normalized spacial score (nSPS) is 16.9. The van der Waals surface area contributed by atoms with Crippen LogP contribution in [0.15, 0.2) is 231 Å².